The molecule has 0 spiro atoms. The summed E-state index contributed by atoms with van der Waals surface area (Å²) in [6.07, 6.45) is 0. The number of amides is 1. The molecule has 126 valence electrons. The number of esters is 1. The van der Waals surface area contributed by atoms with E-state index < -0.39 is 5.97 Å². The molecule has 0 N–H and O–H groups in total. The molecule has 0 aromatic heterocycles. The topological polar surface area (TPSA) is 65.1 Å². The molecule has 6 nitrogen and oxygen atoms in total. The van der Waals surface area contributed by atoms with Crippen LogP contribution in [0.3, 0.4) is 0 Å². The van der Waals surface area contributed by atoms with Gasteiger partial charge in [0.15, 0.2) is 11.5 Å². The van der Waals surface area contributed by atoms with E-state index in [1.807, 2.05) is 0 Å². The van der Waals surface area contributed by atoms with E-state index in [9.17, 15) is 9.59 Å². The third-order valence-corrected chi connectivity index (χ3v) is 3.61. The van der Waals surface area contributed by atoms with E-state index in [-0.39, 0.29) is 5.91 Å². The van der Waals surface area contributed by atoms with Gasteiger partial charge in [0.25, 0.3) is 5.91 Å². The van der Waals surface area contributed by atoms with Crippen LogP contribution >= 0.6 is 0 Å². The predicted molar refractivity (Wildman–Crippen MR) is 90.1 cm³/mol. The van der Waals surface area contributed by atoms with Crippen LogP contribution in [0.2, 0.25) is 0 Å². The van der Waals surface area contributed by atoms with E-state index in [1.54, 1.807) is 49.5 Å². The molecule has 24 heavy (non-hydrogen) atoms. The van der Waals surface area contributed by atoms with E-state index >= 15 is 0 Å². The number of benzene rings is 2. The number of ether oxygens (including phenoxy) is 3. The average Bonchev–Trinajstić information content (AvgIpc) is 2.65. The molecule has 0 unspecified atom stereocenters. The molecular formula is C18H19NO5. The summed E-state index contributed by atoms with van der Waals surface area (Å²) < 4.78 is 15.2. The summed E-state index contributed by atoms with van der Waals surface area (Å²) in [5.41, 5.74) is 1.19. The smallest absolute Gasteiger partial charge is 0.339 e. The molecule has 0 aliphatic rings. The normalized spacial score (nSPS) is 10.0. The zero-order chi connectivity index (χ0) is 17.7. The lowest BCUT2D eigenvalue weighted by molar-refractivity contribution is 0.0601. The van der Waals surface area contributed by atoms with E-state index in [0.29, 0.717) is 28.3 Å². The van der Waals surface area contributed by atoms with Crippen LogP contribution < -0.4 is 14.4 Å². The molecule has 0 fully saturated rings. The molecule has 2 aromatic rings. The number of methoxy groups -OCH3 is 3. The number of carbonyl (C=O) groups excluding carboxylic acids is 2. The van der Waals surface area contributed by atoms with Crippen LogP contribution in [0.15, 0.2) is 42.5 Å². The Balaban J connectivity index is 2.39. The zero-order valence-electron chi connectivity index (χ0n) is 14.0. The van der Waals surface area contributed by atoms with E-state index in [2.05, 4.69) is 0 Å². The maximum atomic E-state index is 12.8. The first kappa shape index (κ1) is 17.3. The lowest BCUT2D eigenvalue weighted by Gasteiger charge is -2.20. The fraction of sp³-hybridized carbons (Fsp3) is 0.222. The van der Waals surface area contributed by atoms with Gasteiger partial charge in [0.1, 0.15) is 0 Å². The van der Waals surface area contributed by atoms with Gasteiger partial charge in [-0.25, -0.2) is 4.79 Å². The van der Waals surface area contributed by atoms with Crippen LogP contribution in [-0.4, -0.2) is 40.3 Å². The highest BCUT2D eigenvalue weighted by molar-refractivity contribution is 6.09. The van der Waals surface area contributed by atoms with Crippen LogP contribution in [0.25, 0.3) is 0 Å². The second kappa shape index (κ2) is 7.50. The molecule has 6 heteroatoms. The number of para-hydroxylation sites is 1. The van der Waals surface area contributed by atoms with Crippen LogP contribution in [-0.2, 0) is 4.74 Å². The molecule has 0 bridgehead atoms. The number of hydrogen-bond acceptors (Lipinski definition) is 5. The Morgan fingerprint density at radius 2 is 1.58 bits per heavy atom. The molecule has 2 aromatic carbocycles. The van der Waals surface area contributed by atoms with Gasteiger partial charge in [-0.2, -0.15) is 0 Å². The van der Waals surface area contributed by atoms with Crippen molar-refractivity contribution in [3.8, 4) is 11.5 Å². The Labute approximate surface area is 140 Å². The minimum absolute atomic E-state index is 0.285. The highest BCUT2D eigenvalue weighted by atomic mass is 16.5. The van der Waals surface area contributed by atoms with Crippen molar-refractivity contribution in [2.75, 3.05) is 33.3 Å². The Morgan fingerprint density at radius 3 is 2.21 bits per heavy atom. The van der Waals surface area contributed by atoms with Gasteiger partial charge in [-0.05, 0) is 30.3 Å². The number of rotatable bonds is 5. The van der Waals surface area contributed by atoms with Crippen LogP contribution in [0.1, 0.15) is 20.7 Å². The lowest BCUT2D eigenvalue weighted by Crippen LogP contribution is -2.28. The first-order valence-corrected chi connectivity index (χ1v) is 7.21. The van der Waals surface area contributed by atoms with Crippen molar-refractivity contribution < 1.29 is 23.8 Å². The first-order chi connectivity index (χ1) is 11.5. The van der Waals surface area contributed by atoms with Crippen molar-refractivity contribution in [1.82, 2.24) is 0 Å². The number of carbonyl (C=O) groups is 2. The predicted octanol–water partition coefficient (Wildman–Crippen LogP) is 2.77. The van der Waals surface area contributed by atoms with E-state index in [0.717, 1.165) is 0 Å². The monoisotopic (exact) mass is 329 g/mol. The van der Waals surface area contributed by atoms with Gasteiger partial charge < -0.3 is 19.1 Å². The summed E-state index contributed by atoms with van der Waals surface area (Å²) >= 11 is 0. The fourth-order valence-corrected chi connectivity index (χ4v) is 2.32. The Bertz CT molecular complexity index is 757. The van der Waals surface area contributed by atoms with Gasteiger partial charge in [-0.3, -0.25) is 4.79 Å². The van der Waals surface area contributed by atoms with Crippen molar-refractivity contribution >= 4 is 17.6 Å². The van der Waals surface area contributed by atoms with Crippen LogP contribution in [0, 0.1) is 0 Å². The molecule has 2 rings (SSSR count). The minimum atomic E-state index is -0.502. The lowest BCUT2D eigenvalue weighted by atomic mass is 10.1. The van der Waals surface area contributed by atoms with Crippen LogP contribution in [0.4, 0.5) is 5.69 Å². The van der Waals surface area contributed by atoms with Gasteiger partial charge in [0, 0.05) is 12.6 Å². The second-order valence-corrected chi connectivity index (χ2v) is 4.94. The average molecular weight is 329 g/mol. The van der Waals surface area contributed by atoms with Gasteiger partial charge in [-0.15, -0.1) is 0 Å². The summed E-state index contributed by atoms with van der Waals surface area (Å²) in [5, 5.41) is 0. The van der Waals surface area contributed by atoms with Crippen molar-refractivity contribution in [3.63, 3.8) is 0 Å². The molecule has 0 atom stereocenters. The largest absolute Gasteiger partial charge is 0.493 e. The zero-order valence-corrected chi connectivity index (χ0v) is 14.0. The fourth-order valence-electron chi connectivity index (χ4n) is 2.32. The maximum absolute atomic E-state index is 12.8. The number of anilines is 1. The molecule has 0 aliphatic carbocycles. The standard InChI is InChI=1S/C18H19NO5/c1-19(14-8-6-5-7-13(14)18(21)24-4)17(20)12-9-10-15(22-2)16(11-12)23-3/h5-11H,1-4H3. The SMILES string of the molecule is COC(=O)c1ccccc1N(C)C(=O)c1ccc(OC)c(OC)c1. The van der Waals surface area contributed by atoms with Gasteiger partial charge >= 0.3 is 5.97 Å². The first-order valence-electron chi connectivity index (χ1n) is 7.21. The third-order valence-electron chi connectivity index (χ3n) is 3.61. The molecule has 0 saturated carbocycles. The maximum Gasteiger partial charge on any atom is 0.339 e. The summed E-state index contributed by atoms with van der Waals surface area (Å²) in [6.45, 7) is 0. The summed E-state index contributed by atoms with van der Waals surface area (Å²) in [7, 11) is 5.93. The van der Waals surface area contributed by atoms with Crippen molar-refractivity contribution in [3.05, 3.63) is 53.6 Å². The second-order valence-electron chi connectivity index (χ2n) is 4.94. The Morgan fingerprint density at radius 1 is 0.917 bits per heavy atom. The minimum Gasteiger partial charge on any atom is -0.493 e. The van der Waals surface area contributed by atoms with E-state index in [1.165, 1.54) is 26.2 Å². The molecular weight excluding hydrogens is 310 g/mol. The van der Waals surface area contributed by atoms with Gasteiger partial charge in [0.05, 0.1) is 32.6 Å². The van der Waals surface area contributed by atoms with Crippen molar-refractivity contribution in [2.45, 2.75) is 0 Å². The molecule has 1 amide bonds. The highest BCUT2D eigenvalue weighted by Crippen LogP contribution is 2.29. The molecule has 0 saturated heterocycles. The molecule has 0 aliphatic heterocycles. The highest BCUT2D eigenvalue weighted by Gasteiger charge is 2.21. The Kier molecular flexibility index (Phi) is 5.42. The van der Waals surface area contributed by atoms with Crippen molar-refractivity contribution in [2.24, 2.45) is 0 Å². The quantitative estimate of drug-likeness (QED) is 0.789. The van der Waals surface area contributed by atoms with Gasteiger partial charge in [0.2, 0.25) is 0 Å². The van der Waals surface area contributed by atoms with Crippen molar-refractivity contribution in [1.29, 1.82) is 0 Å². The third kappa shape index (κ3) is 3.32. The van der Waals surface area contributed by atoms with E-state index in [4.69, 9.17) is 14.2 Å². The Hall–Kier alpha value is -3.02. The summed E-state index contributed by atoms with van der Waals surface area (Å²) in [6, 6.07) is 11.7. The van der Waals surface area contributed by atoms with Gasteiger partial charge in [-0.1, -0.05) is 12.1 Å². The summed E-state index contributed by atoms with van der Waals surface area (Å²) in [5.74, 6) is 0.203. The van der Waals surface area contributed by atoms with Crippen LogP contribution in [0.5, 0.6) is 11.5 Å². The summed E-state index contributed by atoms with van der Waals surface area (Å²) in [4.78, 5) is 26.0. The number of hydrogen-bond donors (Lipinski definition) is 0. The molecule has 0 heterocycles. The number of nitrogens with zero attached hydrogens (tertiary/aromatic N) is 1. The molecule has 0 radical (unpaired) electrons.